The van der Waals surface area contributed by atoms with Crippen LogP contribution < -0.4 is 10.6 Å². The lowest BCUT2D eigenvalue weighted by Crippen LogP contribution is -2.29. The Morgan fingerprint density at radius 3 is 2.62 bits per heavy atom. The van der Waals surface area contributed by atoms with Crippen LogP contribution in [0.15, 0.2) is 48.7 Å². The average molecular weight is 351 g/mol. The van der Waals surface area contributed by atoms with Crippen LogP contribution in [0.4, 0.5) is 15.8 Å². The summed E-state index contributed by atoms with van der Waals surface area (Å²) in [6.45, 7) is 3.32. The van der Waals surface area contributed by atoms with Gasteiger partial charge in [-0.15, -0.1) is 0 Å². The third-order valence-corrected chi connectivity index (χ3v) is 4.97. The molecule has 0 radical (unpaired) electrons. The molecule has 0 saturated carbocycles. The monoisotopic (exact) mass is 351 g/mol. The number of hydrogen-bond acceptors (Lipinski definition) is 3. The van der Waals surface area contributed by atoms with Gasteiger partial charge in [-0.2, -0.15) is 0 Å². The van der Waals surface area contributed by atoms with E-state index in [1.165, 1.54) is 44.0 Å². The maximum Gasteiger partial charge on any atom is 0.257 e. The topological polar surface area (TPSA) is 44.4 Å². The largest absolute Gasteiger partial charge is 0.361 e. The number of rotatable bonds is 4. The Bertz CT molecular complexity index is 839. The summed E-state index contributed by atoms with van der Waals surface area (Å²) in [6.07, 6.45) is 5.48. The molecule has 1 saturated heterocycles. The van der Waals surface area contributed by atoms with E-state index in [1.54, 1.807) is 18.3 Å². The summed E-state index contributed by atoms with van der Waals surface area (Å²) in [5, 5.41) is 5.80. The van der Waals surface area contributed by atoms with E-state index in [4.69, 9.17) is 0 Å². The number of benzene rings is 2. The molecule has 0 aliphatic carbocycles. The van der Waals surface area contributed by atoms with Crippen LogP contribution in [0.25, 0.3) is 5.57 Å². The molecule has 5 heteroatoms. The Balaban J connectivity index is 1.45. The van der Waals surface area contributed by atoms with E-state index < -0.39 is 5.82 Å². The Morgan fingerprint density at radius 1 is 1.08 bits per heavy atom. The van der Waals surface area contributed by atoms with Gasteiger partial charge >= 0.3 is 0 Å². The van der Waals surface area contributed by atoms with Gasteiger partial charge in [0.2, 0.25) is 0 Å². The van der Waals surface area contributed by atoms with Gasteiger partial charge in [0.15, 0.2) is 0 Å². The molecule has 1 fully saturated rings. The zero-order chi connectivity index (χ0) is 17.9. The molecule has 2 heterocycles. The second-order valence-electron chi connectivity index (χ2n) is 6.85. The molecule has 134 valence electrons. The second kappa shape index (κ2) is 7.30. The maximum absolute atomic E-state index is 14.1. The number of nitrogens with one attached hydrogen (secondary N) is 2. The molecule has 2 aliphatic heterocycles. The number of carbonyl (C=O) groups is 1. The highest BCUT2D eigenvalue weighted by molar-refractivity contribution is 6.31. The molecule has 2 aromatic carbocycles. The summed E-state index contributed by atoms with van der Waals surface area (Å²) in [4.78, 5) is 14.6. The number of hydrogen-bond donors (Lipinski definition) is 2. The van der Waals surface area contributed by atoms with Crippen molar-refractivity contribution in [1.29, 1.82) is 0 Å². The van der Waals surface area contributed by atoms with Crippen LogP contribution in [-0.2, 0) is 11.3 Å². The van der Waals surface area contributed by atoms with Gasteiger partial charge < -0.3 is 10.6 Å². The molecule has 0 spiro atoms. The Morgan fingerprint density at radius 2 is 1.85 bits per heavy atom. The summed E-state index contributed by atoms with van der Waals surface area (Å²) in [7, 11) is 0. The van der Waals surface area contributed by atoms with Crippen molar-refractivity contribution in [2.75, 3.05) is 23.7 Å². The molecular weight excluding hydrogens is 329 g/mol. The quantitative estimate of drug-likeness (QED) is 0.811. The molecule has 2 N–H and O–H groups in total. The van der Waals surface area contributed by atoms with E-state index in [2.05, 4.69) is 27.7 Å². The fourth-order valence-corrected chi connectivity index (χ4v) is 3.58. The van der Waals surface area contributed by atoms with Crippen molar-refractivity contribution in [2.24, 2.45) is 0 Å². The molecule has 0 aromatic heterocycles. The number of carbonyl (C=O) groups excluding carboxylic acids is 1. The predicted molar refractivity (Wildman–Crippen MR) is 102 cm³/mol. The van der Waals surface area contributed by atoms with E-state index in [-0.39, 0.29) is 5.91 Å². The van der Waals surface area contributed by atoms with Crippen LogP contribution in [0, 0.1) is 5.82 Å². The summed E-state index contributed by atoms with van der Waals surface area (Å²) >= 11 is 0. The van der Waals surface area contributed by atoms with E-state index in [9.17, 15) is 9.18 Å². The van der Waals surface area contributed by atoms with Crippen LogP contribution in [0.2, 0.25) is 0 Å². The van der Waals surface area contributed by atoms with Gasteiger partial charge in [0, 0.05) is 24.0 Å². The van der Waals surface area contributed by atoms with Crippen molar-refractivity contribution >= 4 is 22.9 Å². The van der Waals surface area contributed by atoms with Crippen molar-refractivity contribution in [3.05, 3.63) is 65.6 Å². The van der Waals surface area contributed by atoms with Crippen molar-refractivity contribution in [2.45, 2.75) is 25.8 Å². The molecule has 2 aromatic rings. The molecular formula is C21H22FN3O. The number of piperidine rings is 1. The van der Waals surface area contributed by atoms with E-state index in [1.807, 2.05) is 12.1 Å². The third-order valence-electron chi connectivity index (χ3n) is 4.97. The highest BCUT2D eigenvalue weighted by Gasteiger charge is 2.27. The minimum Gasteiger partial charge on any atom is -0.361 e. The summed E-state index contributed by atoms with van der Waals surface area (Å²) in [5.41, 5.74) is 3.31. The first-order valence-corrected chi connectivity index (χ1v) is 9.09. The first-order valence-electron chi connectivity index (χ1n) is 9.09. The lowest BCUT2D eigenvalue weighted by Gasteiger charge is -2.26. The Hall–Kier alpha value is -2.66. The average Bonchev–Trinajstić information content (AvgIpc) is 2.98. The normalized spacial score (nSPS) is 18.7. The van der Waals surface area contributed by atoms with Crippen molar-refractivity contribution in [3.63, 3.8) is 0 Å². The molecule has 4 rings (SSSR count). The highest BCUT2D eigenvalue weighted by atomic mass is 19.1. The van der Waals surface area contributed by atoms with Crippen molar-refractivity contribution in [3.8, 4) is 0 Å². The minimum absolute atomic E-state index is 0.292. The number of likely N-dealkylation sites (tertiary alicyclic amines) is 1. The van der Waals surface area contributed by atoms with Gasteiger partial charge in [-0.25, -0.2) is 4.39 Å². The van der Waals surface area contributed by atoms with E-state index in [0.29, 0.717) is 16.8 Å². The van der Waals surface area contributed by atoms with Crippen LogP contribution in [0.1, 0.15) is 30.4 Å². The fourth-order valence-electron chi connectivity index (χ4n) is 3.58. The van der Waals surface area contributed by atoms with E-state index >= 15 is 0 Å². The third kappa shape index (κ3) is 3.48. The second-order valence-corrected chi connectivity index (χ2v) is 6.85. The Kier molecular flexibility index (Phi) is 4.71. The van der Waals surface area contributed by atoms with E-state index in [0.717, 1.165) is 12.2 Å². The lowest BCUT2D eigenvalue weighted by molar-refractivity contribution is -0.110. The molecule has 0 atom stereocenters. The van der Waals surface area contributed by atoms with Crippen LogP contribution >= 0.6 is 0 Å². The predicted octanol–water partition coefficient (Wildman–Crippen LogP) is 4.22. The zero-order valence-electron chi connectivity index (χ0n) is 14.6. The van der Waals surface area contributed by atoms with Crippen LogP contribution in [0.5, 0.6) is 0 Å². The first kappa shape index (κ1) is 16.8. The van der Waals surface area contributed by atoms with Crippen molar-refractivity contribution < 1.29 is 9.18 Å². The smallest absolute Gasteiger partial charge is 0.257 e. The molecule has 26 heavy (non-hydrogen) atoms. The summed E-state index contributed by atoms with van der Waals surface area (Å²) in [6, 6.07) is 12.8. The first-order chi connectivity index (χ1) is 12.7. The SMILES string of the molecule is O=C1Nc2cccc(F)c2/C1=C/Nc1ccc(CN2CCCCC2)cc1. The lowest BCUT2D eigenvalue weighted by atomic mass is 10.1. The number of fused-ring (bicyclic) bond motifs is 1. The molecule has 0 unspecified atom stereocenters. The molecule has 1 amide bonds. The standard InChI is InChI=1S/C21H22FN3O/c22-18-5-4-6-19-20(18)17(21(26)24-19)13-23-16-9-7-15(8-10-16)14-25-11-2-1-3-12-25/h4-10,13,23H,1-3,11-12,14H2,(H,24,26)/b17-13-. The number of anilines is 2. The summed E-state index contributed by atoms with van der Waals surface area (Å²) < 4.78 is 14.1. The van der Waals surface area contributed by atoms with Crippen molar-refractivity contribution in [1.82, 2.24) is 4.90 Å². The van der Waals surface area contributed by atoms with Gasteiger partial charge in [-0.1, -0.05) is 24.6 Å². The fraction of sp³-hybridized carbons (Fsp3) is 0.286. The van der Waals surface area contributed by atoms with Gasteiger partial charge in [-0.3, -0.25) is 9.69 Å². The molecule has 2 aliphatic rings. The highest BCUT2D eigenvalue weighted by Crippen LogP contribution is 2.33. The Labute approximate surface area is 152 Å². The zero-order valence-corrected chi connectivity index (χ0v) is 14.6. The minimum atomic E-state index is -0.397. The maximum atomic E-state index is 14.1. The van der Waals surface area contributed by atoms with Crippen LogP contribution in [-0.4, -0.2) is 23.9 Å². The molecule has 0 bridgehead atoms. The number of amides is 1. The number of nitrogens with zero attached hydrogens (tertiary/aromatic N) is 1. The van der Waals surface area contributed by atoms with Gasteiger partial charge in [0.05, 0.1) is 11.3 Å². The molecule has 4 nitrogen and oxygen atoms in total. The van der Waals surface area contributed by atoms with Gasteiger partial charge in [-0.05, 0) is 55.8 Å². The van der Waals surface area contributed by atoms with Crippen LogP contribution in [0.3, 0.4) is 0 Å². The number of halogens is 1. The summed E-state index contributed by atoms with van der Waals surface area (Å²) in [5.74, 6) is -0.690. The van der Waals surface area contributed by atoms with Gasteiger partial charge in [0.1, 0.15) is 5.82 Å². The van der Waals surface area contributed by atoms with Gasteiger partial charge in [0.25, 0.3) is 5.91 Å².